The molecule has 0 aliphatic rings. The molecule has 0 bridgehead atoms. The van der Waals surface area contributed by atoms with Gasteiger partial charge in [0.15, 0.2) is 0 Å². The smallest absolute Gasteiger partial charge is 0.0332 e. The maximum Gasteiger partial charge on any atom is 0.0332 e. The lowest BCUT2D eigenvalue weighted by atomic mass is 10.2. The fourth-order valence-corrected chi connectivity index (χ4v) is 0.903. The van der Waals surface area contributed by atoms with Gasteiger partial charge in [0.05, 0.1) is 0 Å². The molecule has 0 aliphatic carbocycles. The molecular weight excluding hydrogens is 146 g/mol. The van der Waals surface area contributed by atoms with Crippen molar-refractivity contribution in [1.29, 1.82) is 0 Å². The third-order valence-electron chi connectivity index (χ3n) is 1.71. The lowest BCUT2D eigenvalue weighted by Crippen LogP contribution is -1.81. The van der Waals surface area contributed by atoms with E-state index in [1.54, 1.807) is 0 Å². The van der Waals surface area contributed by atoms with Crippen molar-refractivity contribution in [2.75, 3.05) is 0 Å². The summed E-state index contributed by atoms with van der Waals surface area (Å²) < 4.78 is 0. The van der Waals surface area contributed by atoms with Crippen molar-refractivity contribution < 1.29 is 0 Å². The molecule has 1 nitrogen and oxygen atoms in total. The maximum absolute atomic E-state index is 4.32. The van der Waals surface area contributed by atoms with Crippen LogP contribution in [0.25, 0.3) is 0 Å². The number of hydrogen-bond donors (Lipinski definition) is 0. The first-order valence-electron chi connectivity index (χ1n) is 4.60. The predicted octanol–water partition coefficient (Wildman–Crippen LogP) is 3.73. The summed E-state index contributed by atoms with van der Waals surface area (Å²) >= 11 is 0. The van der Waals surface area contributed by atoms with E-state index in [0.29, 0.717) is 0 Å². The van der Waals surface area contributed by atoms with Crippen LogP contribution in [0.3, 0.4) is 0 Å². The van der Waals surface area contributed by atoms with Gasteiger partial charge in [0.25, 0.3) is 0 Å². The molecule has 0 aromatic carbocycles. The molecule has 0 radical (unpaired) electrons. The van der Waals surface area contributed by atoms with Crippen molar-refractivity contribution >= 4 is 6.21 Å². The second kappa shape index (κ2) is 6.84. The third kappa shape index (κ3) is 4.89. The molecule has 0 rings (SSSR count). The van der Waals surface area contributed by atoms with Crippen LogP contribution in [0.15, 0.2) is 28.4 Å². The van der Waals surface area contributed by atoms with Crippen molar-refractivity contribution in [3.63, 3.8) is 0 Å². The van der Waals surface area contributed by atoms with Crippen LogP contribution >= 0.6 is 0 Å². The Balaban J connectivity index is 4.14. The van der Waals surface area contributed by atoms with Crippen LogP contribution in [0, 0.1) is 0 Å². The molecule has 12 heavy (non-hydrogen) atoms. The van der Waals surface area contributed by atoms with E-state index in [4.69, 9.17) is 0 Å². The Hall–Kier alpha value is -0.850. The average Bonchev–Trinajstić information content (AvgIpc) is 2.07. The van der Waals surface area contributed by atoms with Gasteiger partial charge in [-0.1, -0.05) is 26.0 Å². The van der Waals surface area contributed by atoms with Crippen molar-refractivity contribution in [3.8, 4) is 0 Å². The molecular formula is C11H19N. The van der Waals surface area contributed by atoms with Gasteiger partial charge in [0, 0.05) is 11.9 Å². The van der Waals surface area contributed by atoms with E-state index in [1.807, 2.05) is 20.1 Å². The zero-order valence-corrected chi connectivity index (χ0v) is 8.59. The molecule has 0 N–H and O–H groups in total. The minimum atomic E-state index is 1.05. The largest absolute Gasteiger partial charge is 0.262 e. The molecule has 0 aromatic heterocycles. The highest BCUT2D eigenvalue weighted by Crippen LogP contribution is 2.00. The zero-order chi connectivity index (χ0) is 9.40. The standard InChI is InChI=1S/C11H19N/c1-5-8-10(4)12-9-11(6-2)7-3/h6,8-9H,5,7H2,1-4H3/b10-8+,11-6-,12-9+. The van der Waals surface area contributed by atoms with Gasteiger partial charge in [-0.25, -0.2) is 0 Å². The number of rotatable bonds is 4. The summed E-state index contributed by atoms with van der Waals surface area (Å²) in [5.74, 6) is 0. The fraction of sp³-hybridized carbons (Fsp3) is 0.545. The highest BCUT2D eigenvalue weighted by molar-refractivity contribution is 5.79. The summed E-state index contributed by atoms with van der Waals surface area (Å²) in [4.78, 5) is 4.32. The van der Waals surface area contributed by atoms with Gasteiger partial charge in [-0.15, -0.1) is 0 Å². The van der Waals surface area contributed by atoms with Gasteiger partial charge in [-0.05, 0) is 32.3 Å². The minimum absolute atomic E-state index is 1.05. The zero-order valence-electron chi connectivity index (χ0n) is 8.59. The molecule has 0 saturated heterocycles. The Kier molecular flexibility index (Phi) is 6.35. The summed E-state index contributed by atoms with van der Waals surface area (Å²) in [6, 6.07) is 0. The fourth-order valence-electron chi connectivity index (χ4n) is 0.903. The lowest BCUT2D eigenvalue weighted by Gasteiger charge is -1.94. The molecule has 0 heterocycles. The van der Waals surface area contributed by atoms with Crippen molar-refractivity contribution in [3.05, 3.63) is 23.4 Å². The molecule has 0 fully saturated rings. The SMILES string of the molecule is C\C=C(/C=N/C(C)=C/CC)CC. The van der Waals surface area contributed by atoms with Crippen LogP contribution in [-0.4, -0.2) is 6.21 Å². The Morgan fingerprint density at radius 1 is 1.33 bits per heavy atom. The Bertz CT molecular complexity index is 197. The molecule has 0 aliphatic heterocycles. The summed E-state index contributed by atoms with van der Waals surface area (Å²) in [7, 11) is 0. The lowest BCUT2D eigenvalue weighted by molar-refractivity contribution is 1.14. The van der Waals surface area contributed by atoms with Crippen molar-refractivity contribution in [1.82, 2.24) is 0 Å². The van der Waals surface area contributed by atoms with Crippen LogP contribution in [0.1, 0.15) is 40.5 Å². The first-order valence-corrected chi connectivity index (χ1v) is 4.60. The molecule has 0 atom stereocenters. The first kappa shape index (κ1) is 11.2. The van der Waals surface area contributed by atoms with Crippen LogP contribution in [-0.2, 0) is 0 Å². The van der Waals surface area contributed by atoms with E-state index in [0.717, 1.165) is 18.5 Å². The highest BCUT2D eigenvalue weighted by atomic mass is 14.7. The van der Waals surface area contributed by atoms with Crippen molar-refractivity contribution in [2.24, 2.45) is 4.99 Å². The summed E-state index contributed by atoms with van der Waals surface area (Å²) in [6.07, 6.45) is 8.28. The number of nitrogens with zero attached hydrogens (tertiary/aromatic N) is 1. The van der Waals surface area contributed by atoms with Crippen molar-refractivity contribution in [2.45, 2.75) is 40.5 Å². The number of aliphatic imine (C=N–C) groups is 1. The Morgan fingerprint density at radius 3 is 2.42 bits per heavy atom. The highest BCUT2D eigenvalue weighted by Gasteiger charge is 1.85. The van der Waals surface area contributed by atoms with Crippen LogP contribution in [0.5, 0.6) is 0 Å². The second-order valence-corrected chi connectivity index (χ2v) is 2.73. The maximum atomic E-state index is 4.32. The van der Waals surface area contributed by atoms with E-state index >= 15 is 0 Å². The second-order valence-electron chi connectivity index (χ2n) is 2.73. The normalized spacial score (nSPS) is 14.3. The topological polar surface area (TPSA) is 12.4 Å². The molecule has 0 spiro atoms. The van der Waals surface area contributed by atoms with Crippen LogP contribution < -0.4 is 0 Å². The van der Waals surface area contributed by atoms with E-state index in [1.165, 1.54) is 5.57 Å². The Labute approximate surface area is 75.9 Å². The molecule has 0 saturated carbocycles. The third-order valence-corrected chi connectivity index (χ3v) is 1.71. The first-order chi connectivity index (χ1) is 5.74. The van der Waals surface area contributed by atoms with E-state index in [-0.39, 0.29) is 0 Å². The summed E-state index contributed by atoms with van der Waals surface area (Å²) in [6.45, 7) is 8.34. The van der Waals surface area contributed by atoms with Gasteiger partial charge in [-0.2, -0.15) is 0 Å². The van der Waals surface area contributed by atoms with Crippen LogP contribution in [0.2, 0.25) is 0 Å². The molecule has 0 amide bonds. The molecule has 0 aromatic rings. The minimum Gasteiger partial charge on any atom is -0.262 e. The predicted molar refractivity (Wildman–Crippen MR) is 56.6 cm³/mol. The quantitative estimate of drug-likeness (QED) is 0.563. The molecule has 68 valence electrons. The van der Waals surface area contributed by atoms with Gasteiger partial charge in [0.2, 0.25) is 0 Å². The van der Waals surface area contributed by atoms with Crippen LogP contribution in [0.4, 0.5) is 0 Å². The monoisotopic (exact) mass is 165 g/mol. The molecule has 0 unspecified atom stereocenters. The Morgan fingerprint density at radius 2 is 2.00 bits per heavy atom. The summed E-state index contributed by atoms with van der Waals surface area (Å²) in [5.41, 5.74) is 2.39. The van der Waals surface area contributed by atoms with Gasteiger partial charge < -0.3 is 0 Å². The average molecular weight is 165 g/mol. The van der Waals surface area contributed by atoms with Gasteiger partial charge in [-0.3, -0.25) is 4.99 Å². The van der Waals surface area contributed by atoms with Gasteiger partial charge >= 0.3 is 0 Å². The van der Waals surface area contributed by atoms with E-state index in [2.05, 4.69) is 31.0 Å². The van der Waals surface area contributed by atoms with E-state index in [9.17, 15) is 0 Å². The number of hydrogen-bond acceptors (Lipinski definition) is 1. The van der Waals surface area contributed by atoms with Gasteiger partial charge in [0.1, 0.15) is 0 Å². The van der Waals surface area contributed by atoms with E-state index < -0.39 is 0 Å². The summed E-state index contributed by atoms with van der Waals surface area (Å²) in [5, 5.41) is 0. The number of allylic oxidation sites excluding steroid dienone is 4. The molecule has 1 heteroatoms.